The number of rotatable bonds is 13. The summed E-state index contributed by atoms with van der Waals surface area (Å²) in [7, 11) is 2.89. The third-order valence-electron chi connectivity index (χ3n) is 8.17. The first-order valence-electron chi connectivity index (χ1n) is 16.0. The average molecular weight is 699 g/mol. The highest BCUT2D eigenvalue weighted by Gasteiger charge is 2.54. The van der Waals surface area contributed by atoms with Crippen molar-refractivity contribution in [2.24, 2.45) is 11.3 Å². The van der Waals surface area contributed by atoms with E-state index in [1.165, 1.54) is 55.4 Å². The van der Waals surface area contributed by atoms with Crippen molar-refractivity contribution in [3.8, 4) is 11.1 Å². The normalized spacial score (nSPS) is 12.0. The molecule has 50 heavy (non-hydrogen) atoms. The zero-order valence-corrected chi connectivity index (χ0v) is 28.8. The maximum atomic E-state index is 14.1. The van der Waals surface area contributed by atoms with E-state index in [4.69, 9.17) is 14.2 Å². The van der Waals surface area contributed by atoms with Crippen LogP contribution in [-0.4, -0.2) is 68.7 Å². The summed E-state index contributed by atoms with van der Waals surface area (Å²) >= 11 is 0. The van der Waals surface area contributed by atoms with Crippen LogP contribution in [0.5, 0.6) is 0 Å². The van der Waals surface area contributed by atoms with E-state index < -0.39 is 59.5 Å². The summed E-state index contributed by atoms with van der Waals surface area (Å²) in [6.07, 6.45) is -4.52. The Morgan fingerprint density at radius 1 is 0.780 bits per heavy atom. The Balaban J connectivity index is 1.95. The number of hydrogen-bond donors (Lipinski definition) is 0. The van der Waals surface area contributed by atoms with Crippen LogP contribution in [0.25, 0.3) is 11.1 Å². The molecule has 0 saturated heterocycles. The van der Waals surface area contributed by atoms with Gasteiger partial charge in [0.2, 0.25) is 5.41 Å². The van der Waals surface area contributed by atoms with Crippen LogP contribution in [0, 0.1) is 11.3 Å². The minimum absolute atomic E-state index is 0.00708. The van der Waals surface area contributed by atoms with Crippen molar-refractivity contribution < 1.29 is 51.4 Å². The molecule has 0 aliphatic carbocycles. The first-order chi connectivity index (χ1) is 23.6. The summed E-state index contributed by atoms with van der Waals surface area (Å²) in [5, 5.41) is 0. The van der Waals surface area contributed by atoms with E-state index in [0.717, 1.165) is 17.0 Å². The fourth-order valence-corrected chi connectivity index (χ4v) is 5.23. The van der Waals surface area contributed by atoms with E-state index in [0.29, 0.717) is 23.1 Å². The van der Waals surface area contributed by atoms with Crippen LogP contribution >= 0.6 is 0 Å². The Labute approximate surface area is 289 Å². The molecule has 0 heterocycles. The third kappa shape index (κ3) is 8.87. The molecule has 1 atom stereocenters. The number of benzene rings is 3. The number of urea groups is 1. The number of halogens is 3. The Hall–Kier alpha value is -5.20. The van der Waals surface area contributed by atoms with Gasteiger partial charge in [-0.3, -0.25) is 19.2 Å². The number of carbonyl (C=O) groups is 5. The van der Waals surface area contributed by atoms with Gasteiger partial charge in [0.05, 0.1) is 30.9 Å². The van der Waals surface area contributed by atoms with Gasteiger partial charge in [-0.15, -0.1) is 0 Å². The largest absolute Gasteiger partial charge is 0.465 e. The van der Waals surface area contributed by atoms with Crippen LogP contribution < -0.4 is 4.90 Å². The number of imide groups is 1. The van der Waals surface area contributed by atoms with Crippen LogP contribution in [0.2, 0.25) is 0 Å². The van der Waals surface area contributed by atoms with Crippen molar-refractivity contribution in [1.29, 1.82) is 0 Å². The van der Waals surface area contributed by atoms with E-state index in [9.17, 15) is 37.1 Å². The van der Waals surface area contributed by atoms with Crippen LogP contribution in [0.15, 0.2) is 72.8 Å². The number of ether oxygens (including phenoxy) is 3. The third-order valence-corrected chi connectivity index (χ3v) is 8.17. The lowest BCUT2D eigenvalue weighted by Gasteiger charge is -2.33. The molecule has 3 aromatic carbocycles. The van der Waals surface area contributed by atoms with Crippen LogP contribution in [0.4, 0.5) is 23.7 Å². The van der Waals surface area contributed by atoms with Crippen molar-refractivity contribution >= 4 is 35.5 Å². The summed E-state index contributed by atoms with van der Waals surface area (Å²) in [6.45, 7) is 5.98. The van der Waals surface area contributed by atoms with Gasteiger partial charge >= 0.3 is 30.1 Å². The molecular weight excluding hydrogens is 657 g/mol. The smallest absolute Gasteiger partial charge is 0.416 e. The monoisotopic (exact) mass is 698 g/mol. The van der Waals surface area contributed by atoms with Gasteiger partial charge in [0.15, 0.2) is 0 Å². The SMILES string of the molecule is CCOC(=O)C(COC(=O)Cc1cccc(N(C(=O)c2ccccc2-c2ccc(C(F)(F)F)cc2)C(=O)N(C)C)c1)(C(=O)OCC)C(C)CC. The summed E-state index contributed by atoms with van der Waals surface area (Å²) in [5.74, 6) is -3.89. The molecule has 3 rings (SSSR count). The molecule has 10 nitrogen and oxygen atoms in total. The lowest BCUT2D eigenvalue weighted by atomic mass is 9.75. The Morgan fingerprint density at radius 2 is 1.38 bits per heavy atom. The van der Waals surface area contributed by atoms with Gasteiger partial charge in [0.25, 0.3) is 5.91 Å². The minimum Gasteiger partial charge on any atom is -0.465 e. The highest BCUT2D eigenvalue weighted by Crippen LogP contribution is 2.35. The van der Waals surface area contributed by atoms with E-state index >= 15 is 0 Å². The quantitative estimate of drug-likeness (QED) is 0.107. The lowest BCUT2D eigenvalue weighted by molar-refractivity contribution is -0.183. The first kappa shape index (κ1) is 39.2. The molecule has 0 aliphatic rings. The summed E-state index contributed by atoms with van der Waals surface area (Å²) < 4.78 is 55.5. The molecule has 3 amide bonds. The fraction of sp³-hybridized carbons (Fsp3) is 0.378. The van der Waals surface area contributed by atoms with Crippen LogP contribution in [0.1, 0.15) is 55.6 Å². The molecule has 0 bridgehead atoms. The van der Waals surface area contributed by atoms with Crippen LogP contribution in [-0.2, 0) is 41.2 Å². The predicted molar refractivity (Wildman–Crippen MR) is 179 cm³/mol. The van der Waals surface area contributed by atoms with E-state index in [1.807, 2.05) is 0 Å². The van der Waals surface area contributed by atoms with E-state index in [1.54, 1.807) is 52.0 Å². The topological polar surface area (TPSA) is 120 Å². The maximum Gasteiger partial charge on any atom is 0.416 e. The molecule has 3 aromatic rings. The molecule has 0 fully saturated rings. The number of hydrogen-bond acceptors (Lipinski definition) is 8. The number of esters is 3. The van der Waals surface area contributed by atoms with Crippen molar-refractivity contribution in [3.05, 3.63) is 89.5 Å². The average Bonchev–Trinajstić information content (AvgIpc) is 3.08. The van der Waals surface area contributed by atoms with Crippen molar-refractivity contribution in [2.45, 2.75) is 46.7 Å². The molecular formula is C37H41F3N2O8. The number of carbonyl (C=O) groups excluding carboxylic acids is 5. The molecule has 1 unspecified atom stereocenters. The zero-order valence-electron chi connectivity index (χ0n) is 28.8. The second kappa shape index (κ2) is 17.0. The van der Waals surface area contributed by atoms with E-state index in [2.05, 4.69) is 0 Å². The first-order valence-corrected chi connectivity index (χ1v) is 16.0. The van der Waals surface area contributed by atoms with Gasteiger partial charge in [0, 0.05) is 19.7 Å². The summed E-state index contributed by atoms with van der Waals surface area (Å²) in [4.78, 5) is 69.0. The molecule has 0 spiro atoms. The van der Waals surface area contributed by atoms with Gasteiger partial charge in [-0.1, -0.05) is 62.7 Å². The van der Waals surface area contributed by atoms with Gasteiger partial charge in [-0.2, -0.15) is 13.2 Å². The van der Waals surface area contributed by atoms with Crippen molar-refractivity contribution in [1.82, 2.24) is 4.90 Å². The molecule has 0 N–H and O–H groups in total. The highest BCUT2D eigenvalue weighted by atomic mass is 19.4. The standard InChI is InChI=1S/C37H41F3N2O8/c1-7-24(4)36(33(45)48-8-2,34(46)49-9-3)23-50-31(43)22-25-13-12-14-28(21-25)42(35(47)41(5)6)32(44)30-16-11-10-15-29(30)26-17-19-27(20-18-26)37(38,39)40/h10-21,24H,7-9,22-23H2,1-6H3. The highest BCUT2D eigenvalue weighted by molar-refractivity contribution is 6.22. The zero-order chi connectivity index (χ0) is 37.2. The Kier molecular flexibility index (Phi) is 13.3. The second-order valence-electron chi connectivity index (χ2n) is 11.7. The minimum atomic E-state index is -4.54. The second-order valence-corrected chi connectivity index (χ2v) is 11.7. The number of nitrogens with zero attached hydrogens (tertiary/aromatic N) is 2. The van der Waals surface area contributed by atoms with Gasteiger partial charge in [0.1, 0.15) is 6.61 Å². The fourth-order valence-electron chi connectivity index (χ4n) is 5.23. The number of alkyl halides is 3. The molecule has 0 saturated carbocycles. The molecule has 268 valence electrons. The summed E-state index contributed by atoms with van der Waals surface area (Å²) in [5.41, 5.74) is -1.61. The van der Waals surface area contributed by atoms with E-state index in [-0.39, 0.29) is 30.9 Å². The Morgan fingerprint density at radius 3 is 1.92 bits per heavy atom. The molecule has 0 aromatic heterocycles. The maximum absolute atomic E-state index is 14.1. The molecule has 0 aliphatic heterocycles. The van der Waals surface area contributed by atoms with Gasteiger partial charge < -0.3 is 19.1 Å². The summed E-state index contributed by atoms with van der Waals surface area (Å²) in [6, 6.07) is 15.8. The molecule has 13 heteroatoms. The number of anilines is 1. The lowest BCUT2D eigenvalue weighted by Crippen LogP contribution is -2.50. The predicted octanol–water partition coefficient (Wildman–Crippen LogP) is 6.95. The van der Waals surface area contributed by atoms with Gasteiger partial charge in [-0.05, 0) is 66.8 Å². The van der Waals surface area contributed by atoms with Crippen LogP contribution in [0.3, 0.4) is 0 Å². The number of amides is 3. The molecule has 0 radical (unpaired) electrons. The van der Waals surface area contributed by atoms with Crippen molar-refractivity contribution in [3.63, 3.8) is 0 Å². The Bertz CT molecular complexity index is 1670. The van der Waals surface area contributed by atoms with Gasteiger partial charge in [-0.25, -0.2) is 9.69 Å². The van der Waals surface area contributed by atoms with Crippen molar-refractivity contribution in [2.75, 3.05) is 38.8 Å².